The Labute approximate surface area is 165 Å². The van der Waals surface area contributed by atoms with Gasteiger partial charge < -0.3 is 10.1 Å². The van der Waals surface area contributed by atoms with E-state index in [9.17, 15) is 13.2 Å². The number of ether oxygens (including phenoxy) is 1. The van der Waals surface area contributed by atoms with Gasteiger partial charge in [0.05, 0.1) is 18.7 Å². The first-order valence-electron chi connectivity index (χ1n) is 9.46. The zero-order valence-corrected chi connectivity index (χ0v) is 19.5. The number of sulfone groups is 1. The molecule has 0 fully saturated rings. The number of hydrogen-bond acceptors (Lipinski definition) is 4. The first kappa shape index (κ1) is 23.7. The second-order valence-electron chi connectivity index (χ2n) is 9.21. The van der Waals surface area contributed by atoms with Crippen molar-refractivity contribution in [1.29, 1.82) is 0 Å². The Balaban J connectivity index is 2.90. The molecule has 7 heteroatoms. The molecule has 0 aliphatic heterocycles. The van der Waals surface area contributed by atoms with Gasteiger partial charge in [0.15, 0.2) is 9.84 Å². The summed E-state index contributed by atoms with van der Waals surface area (Å²) in [5.74, 6) is -0.0650. The quantitative estimate of drug-likeness (QED) is 0.649. The minimum Gasteiger partial charge on any atom is -0.444 e. The average Bonchev–Trinajstić information content (AvgIpc) is 2.49. The van der Waals surface area contributed by atoms with Crippen LogP contribution in [-0.2, 0) is 21.0 Å². The van der Waals surface area contributed by atoms with Gasteiger partial charge in [0, 0.05) is 6.04 Å². The van der Waals surface area contributed by atoms with E-state index in [4.69, 9.17) is 4.74 Å². The van der Waals surface area contributed by atoms with Gasteiger partial charge in [-0.2, -0.15) is 0 Å². The topological polar surface area (TPSA) is 72.5 Å². The molecule has 1 amide bonds. The van der Waals surface area contributed by atoms with Crippen LogP contribution >= 0.6 is 0 Å². The molecule has 2 atom stereocenters. The van der Waals surface area contributed by atoms with Gasteiger partial charge in [0.2, 0.25) is 0 Å². The molecule has 5 nitrogen and oxygen atoms in total. The van der Waals surface area contributed by atoms with Gasteiger partial charge in [0.25, 0.3) is 0 Å². The van der Waals surface area contributed by atoms with E-state index >= 15 is 0 Å². The summed E-state index contributed by atoms with van der Waals surface area (Å²) in [4.78, 5) is 11.8. The predicted molar refractivity (Wildman–Crippen MR) is 115 cm³/mol. The highest BCUT2D eigenvalue weighted by Crippen LogP contribution is 2.19. The zero-order chi connectivity index (χ0) is 20.9. The maximum absolute atomic E-state index is 12.9. The summed E-state index contributed by atoms with van der Waals surface area (Å²) >= 11 is 0. The summed E-state index contributed by atoms with van der Waals surface area (Å²) in [5, 5.41) is 2.78. The lowest BCUT2D eigenvalue weighted by molar-refractivity contribution is 0.0507. The molecule has 27 heavy (non-hydrogen) atoms. The summed E-state index contributed by atoms with van der Waals surface area (Å²) in [6.07, 6.45) is 0.662. The van der Waals surface area contributed by atoms with Crippen molar-refractivity contribution in [3.63, 3.8) is 0 Å². The summed E-state index contributed by atoms with van der Waals surface area (Å²) < 4.78 is 31.1. The molecule has 0 saturated carbocycles. The van der Waals surface area contributed by atoms with E-state index in [-0.39, 0.29) is 10.6 Å². The molecule has 1 aromatic rings. The van der Waals surface area contributed by atoms with Crippen LogP contribution in [0.15, 0.2) is 30.3 Å². The smallest absolute Gasteiger partial charge is 0.407 e. The molecule has 1 aromatic carbocycles. The number of amides is 1. The molecule has 0 aliphatic rings. The molecular formula is C20H35NO4SSi. The molecule has 0 radical (unpaired) electrons. The maximum Gasteiger partial charge on any atom is 0.407 e. The number of nitrogens with one attached hydrogen (secondary N) is 1. The zero-order valence-electron chi connectivity index (χ0n) is 17.7. The lowest BCUT2D eigenvalue weighted by Gasteiger charge is -2.28. The molecule has 1 rings (SSSR count). The molecule has 0 bridgehead atoms. The van der Waals surface area contributed by atoms with Crippen LogP contribution in [0.25, 0.3) is 0 Å². The first-order chi connectivity index (χ1) is 12.2. The summed E-state index contributed by atoms with van der Waals surface area (Å²) in [6, 6.07) is 9.38. The van der Waals surface area contributed by atoms with Gasteiger partial charge in [-0.05, 0) is 39.2 Å². The Bertz CT molecular complexity index is 706. The number of rotatable bonds is 8. The fraction of sp³-hybridized carbons (Fsp3) is 0.650. The van der Waals surface area contributed by atoms with E-state index in [0.29, 0.717) is 12.8 Å². The molecular weight excluding hydrogens is 378 g/mol. The number of carbonyl (C=O) groups excluding carboxylic acids is 1. The van der Waals surface area contributed by atoms with Crippen LogP contribution in [0.3, 0.4) is 0 Å². The molecule has 0 heterocycles. The first-order valence-corrected chi connectivity index (χ1v) is 14.7. The molecule has 1 N–H and O–H groups in total. The van der Waals surface area contributed by atoms with Gasteiger partial charge in [-0.1, -0.05) is 56.9 Å². The highest BCUT2D eigenvalue weighted by molar-refractivity contribution is 7.93. The average molecular weight is 414 g/mol. The Morgan fingerprint density at radius 3 is 2.19 bits per heavy atom. The second kappa shape index (κ2) is 9.23. The molecule has 0 spiro atoms. The lowest BCUT2D eigenvalue weighted by atomic mass is 10.1. The third kappa shape index (κ3) is 8.93. The van der Waals surface area contributed by atoms with Crippen molar-refractivity contribution in [2.75, 3.05) is 5.75 Å². The highest BCUT2D eigenvalue weighted by atomic mass is 32.2. The summed E-state index contributed by atoms with van der Waals surface area (Å²) in [7, 11) is -5.18. The summed E-state index contributed by atoms with van der Waals surface area (Å²) in [6.45, 7) is 13.3. The molecule has 154 valence electrons. The Hall–Kier alpha value is -1.34. The number of carbonyl (C=O) groups is 1. The van der Waals surface area contributed by atoms with E-state index < -0.39 is 35.6 Å². The number of alkyl carbamates (subject to hydrolysis) is 1. The third-order valence-corrected chi connectivity index (χ3v) is 12.1. The third-order valence-electron chi connectivity index (χ3n) is 4.54. The Kier molecular flexibility index (Phi) is 8.10. The molecule has 0 aromatic heterocycles. The fourth-order valence-electron chi connectivity index (χ4n) is 2.62. The monoisotopic (exact) mass is 413 g/mol. The van der Waals surface area contributed by atoms with Crippen molar-refractivity contribution >= 4 is 24.0 Å². The Morgan fingerprint density at radius 1 is 1.15 bits per heavy atom. The van der Waals surface area contributed by atoms with Crippen LogP contribution in [0.4, 0.5) is 4.79 Å². The van der Waals surface area contributed by atoms with Crippen LogP contribution in [-0.4, -0.2) is 44.9 Å². The number of aryl methyl sites for hydroxylation is 1. The predicted octanol–water partition coefficient (Wildman–Crippen LogP) is 4.19. The van der Waals surface area contributed by atoms with Crippen molar-refractivity contribution in [2.24, 2.45) is 0 Å². The van der Waals surface area contributed by atoms with Gasteiger partial charge in [-0.25, -0.2) is 13.2 Å². The lowest BCUT2D eigenvalue weighted by Crippen LogP contribution is -2.48. The second-order valence-corrected chi connectivity index (χ2v) is 17.6. The fourth-order valence-corrected chi connectivity index (χ4v) is 8.32. The van der Waals surface area contributed by atoms with E-state index in [0.717, 1.165) is 5.56 Å². The van der Waals surface area contributed by atoms with Gasteiger partial charge in [-0.15, -0.1) is 0 Å². The molecule has 1 unspecified atom stereocenters. The van der Waals surface area contributed by atoms with E-state index in [1.54, 1.807) is 27.7 Å². The van der Waals surface area contributed by atoms with Crippen LogP contribution in [0.5, 0.6) is 0 Å². The van der Waals surface area contributed by atoms with Gasteiger partial charge in [0.1, 0.15) is 5.60 Å². The number of benzene rings is 1. The van der Waals surface area contributed by atoms with Crippen molar-refractivity contribution in [3.8, 4) is 0 Å². The molecule has 0 saturated heterocycles. The molecule has 0 aliphatic carbocycles. The van der Waals surface area contributed by atoms with Crippen molar-refractivity contribution in [2.45, 2.75) is 76.7 Å². The Morgan fingerprint density at radius 2 is 1.70 bits per heavy atom. The largest absolute Gasteiger partial charge is 0.444 e. The standard InChI is InChI=1S/C20H35NO4SSi/c1-16(27(5,6)7)26(23,24)15-18(21-19(22)25-20(2,3)4)14-13-17-11-9-8-10-12-17/h8-12,16,18H,13-15H2,1-7H3,(H,21,22)/t16?,18-/m0/s1. The minimum atomic E-state index is -3.32. The number of hydrogen-bond donors (Lipinski definition) is 1. The van der Waals surface area contributed by atoms with Gasteiger partial charge in [-0.3, -0.25) is 0 Å². The van der Waals surface area contributed by atoms with Crippen LogP contribution in [0, 0.1) is 0 Å². The van der Waals surface area contributed by atoms with Crippen molar-refractivity contribution in [1.82, 2.24) is 5.32 Å². The van der Waals surface area contributed by atoms with E-state index in [1.807, 2.05) is 30.3 Å². The van der Waals surface area contributed by atoms with Crippen LogP contribution < -0.4 is 5.32 Å². The SMILES string of the molecule is CC([Si](C)(C)C)S(=O)(=O)C[C@H](CCc1ccccc1)NC(=O)OC(C)(C)C. The van der Waals surface area contributed by atoms with Crippen LogP contribution in [0.1, 0.15) is 39.7 Å². The normalized spacial score (nSPS) is 15.1. The maximum atomic E-state index is 12.9. The van der Waals surface area contributed by atoms with E-state index in [2.05, 4.69) is 25.0 Å². The highest BCUT2D eigenvalue weighted by Gasteiger charge is 2.35. The van der Waals surface area contributed by atoms with Crippen molar-refractivity contribution < 1.29 is 17.9 Å². The van der Waals surface area contributed by atoms with Crippen molar-refractivity contribution in [3.05, 3.63) is 35.9 Å². The summed E-state index contributed by atoms with van der Waals surface area (Å²) in [5.41, 5.74) is 0.489. The van der Waals surface area contributed by atoms with E-state index in [1.165, 1.54) is 0 Å². The van der Waals surface area contributed by atoms with Crippen LogP contribution in [0.2, 0.25) is 19.6 Å². The minimum absolute atomic E-state index is 0.0650. The van der Waals surface area contributed by atoms with Gasteiger partial charge >= 0.3 is 6.09 Å².